The predicted molar refractivity (Wildman–Crippen MR) is 162 cm³/mol. The lowest BCUT2D eigenvalue weighted by atomic mass is 10.1. The molecule has 1 saturated heterocycles. The summed E-state index contributed by atoms with van der Waals surface area (Å²) in [5.74, 6) is 0. The van der Waals surface area contributed by atoms with Gasteiger partial charge in [-0.2, -0.15) is 0 Å². The lowest BCUT2D eigenvalue weighted by Gasteiger charge is -2.38. The Balaban J connectivity index is 1.45. The molecule has 39 heavy (non-hydrogen) atoms. The Morgan fingerprint density at radius 3 is 1.67 bits per heavy atom. The van der Waals surface area contributed by atoms with Gasteiger partial charge in [-0.1, -0.05) is 12.1 Å². The number of pyridine rings is 2. The van der Waals surface area contributed by atoms with E-state index < -0.39 is 0 Å². The van der Waals surface area contributed by atoms with Crippen molar-refractivity contribution in [2.24, 2.45) is 14.1 Å². The Kier molecular flexibility index (Phi) is 6.88. The summed E-state index contributed by atoms with van der Waals surface area (Å²) >= 11 is 0. The van der Waals surface area contributed by atoms with Crippen LogP contribution in [0.4, 0.5) is 0 Å². The van der Waals surface area contributed by atoms with Gasteiger partial charge in [0.05, 0.1) is 31.2 Å². The number of quaternary nitrogens is 1. The fraction of sp³-hybridized carbons (Fsp3) is 0.257. The van der Waals surface area contributed by atoms with Crippen LogP contribution in [-0.2, 0) is 20.8 Å². The highest BCUT2D eigenvalue weighted by atomic mass is 15.4. The summed E-state index contributed by atoms with van der Waals surface area (Å²) in [6.07, 6.45) is 17.1. The molecule has 0 radical (unpaired) electrons. The molecule has 4 heteroatoms. The highest BCUT2D eigenvalue weighted by molar-refractivity contribution is 6.09. The topological polar surface area (TPSA) is 12.7 Å². The van der Waals surface area contributed by atoms with Crippen LogP contribution in [0.25, 0.3) is 46.1 Å². The number of benzene rings is 2. The van der Waals surface area contributed by atoms with Crippen LogP contribution in [0.2, 0.25) is 0 Å². The Morgan fingerprint density at radius 1 is 0.667 bits per heavy atom. The number of hydrogen-bond donors (Lipinski definition) is 0. The number of aromatic nitrogens is 3. The third-order valence-electron chi connectivity index (χ3n) is 8.37. The number of fused-ring (bicyclic) bond motifs is 3. The van der Waals surface area contributed by atoms with E-state index in [0.717, 1.165) is 11.2 Å². The SMILES string of the molecule is C[n+]1ccccc1C=Cc1ccc2c(c1)c1cc(C=Cc3cccc[n+]3C)ccc1n2C[N+]1(C)CCCCC1. The summed E-state index contributed by atoms with van der Waals surface area (Å²) in [7, 11) is 6.61. The molecule has 0 saturated carbocycles. The maximum absolute atomic E-state index is 2.57. The van der Waals surface area contributed by atoms with Gasteiger partial charge in [0, 0.05) is 47.2 Å². The second-order valence-electron chi connectivity index (χ2n) is 11.4. The van der Waals surface area contributed by atoms with Gasteiger partial charge in [-0.05, 0) is 78.9 Å². The molecule has 4 nitrogen and oxygen atoms in total. The number of piperidine rings is 1. The zero-order chi connectivity index (χ0) is 26.8. The fourth-order valence-electron chi connectivity index (χ4n) is 6.04. The molecule has 0 unspecified atom stereocenters. The molecule has 5 aromatic rings. The molecule has 4 heterocycles. The van der Waals surface area contributed by atoms with Crippen molar-refractivity contribution in [1.82, 2.24) is 4.57 Å². The van der Waals surface area contributed by atoms with E-state index in [1.165, 1.54) is 76.7 Å². The largest absolute Gasteiger partial charge is 0.309 e. The van der Waals surface area contributed by atoms with Crippen LogP contribution in [0.3, 0.4) is 0 Å². The fourth-order valence-corrected chi connectivity index (χ4v) is 6.04. The molecule has 2 aromatic carbocycles. The standard InChI is InChI=1S/C35H39N4/c1-36-21-7-5-11-30(36)17-13-28-15-19-34-32(25-28)33-26-29(14-18-31-12-6-8-22-37(31)2)16-20-35(33)38(34)27-39(3)23-9-4-10-24-39/h5-8,11-22,25-26H,4,9-10,23-24,27H2,1-3H3/q+3. The summed E-state index contributed by atoms with van der Waals surface area (Å²) in [6.45, 7) is 3.53. The molecule has 1 fully saturated rings. The van der Waals surface area contributed by atoms with Crippen molar-refractivity contribution in [1.29, 1.82) is 0 Å². The molecule has 0 aliphatic carbocycles. The van der Waals surface area contributed by atoms with Crippen molar-refractivity contribution in [3.63, 3.8) is 0 Å². The first-order chi connectivity index (χ1) is 19.0. The van der Waals surface area contributed by atoms with E-state index in [1.54, 1.807) is 0 Å². The highest BCUT2D eigenvalue weighted by Gasteiger charge is 2.27. The normalized spacial score (nSPS) is 15.7. The average molecular weight is 516 g/mol. The van der Waals surface area contributed by atoms with Gasteiger partial charge in [0.15, 0.2) is 19.1 Å². The maximum atomic E-state index is 2.57. The lowest BCUT2D eigenvalue weighted by Crippen LogP contribution is -2.48. The number of hydrogen-bond acceptors (Lipinski definition) is 0. The number of likely N-dealkylation sites (tertiary alicyclic amines) is 1. The summed E-state index contributed by atoms with van der Waals surface area (Å²) < 4.78 is 7.98. The molecule has 0 spiro atoms. The van der Waals surface area contributed by atoms with E-state index in [1.807, 2.05) is 0 Å². The smallest absolute Gasteiger partial charge is 0.204 e. The van der Waals surface area contributed by atoms with Crippen molar-refractivity contribution >= 4 is 46.1 Å². The van der Waals surface area contributed by atoms with Gasteiger partial charge in [0.2, 0.25) is 11.4 Å². The molecule has 1 aliphatic rings. The minimum atomic E-state index is 1.02. The minimum Gasteiger partial charge on any atom is -0.309 e. The van der Waals surface area contributed by atoms with Crippen LogP contribution in [-0.4, -0.2) is 29.2 Å². The monoisotopic (exact) mass is 515 g/mol. The van der Waals surface area contributed by atoms with E-state index in [-0.39, 0.29) is 0 Å². The van der Waals surface area contributed by atoms with E-state index in [2.05, 4.69) is 144 Å². The summed E-state index contributed by atoms with van der Waals surface area (Å²) in [5, 5.41) is 2.66. The summed E-state index contributed by atoms with van der Waals surface area (Å²) in [6, 6.07) is 26.5. The molecule has 6 rings (SSSR count). The third kappa shape index (κ3) is 5.30. The summed E-state index contributed by atoms with van der Waals surface area (Å²) in [4.78, 5) is 0. The quantitative estimate of drug-likeness (QED) is 0.184. The van der Waals surface area contributed by atoms with Gasteiger partial charge in [-0.15, -0.1) is 0 Å². The molecule has 0 bridgehead atoms. The Bertz CT molecular complexity index is 1590. The second kappa shape index (κ2) is 10.6. The van der Waals surface area contributed by atoms with E-state index in [0.29, 0.717) is 0 Å². The van der Waals surface area contributed by atoms with Gasteiger partial charge in [-0.25, -0.2) is 9.13 Å². The van der Waals surface area contributed by atoms with E-state index in [4.69, 9.17) is 0 Å². The number of rotatable bonds is 6. The second-order valence-corrected chi connectivity index (χ2v) is 11.4. The first kappa shape index (κ1) is 25.3. The minimum absolute atomic E-state index is 1.02. The van der Waals surface area contributed by atoms with Crippen LogP contribution in [0, 0.1) is 0 Å². The molecular formula is C35H39N4+3. The molecule has 196 valence electrons. The number of aryl methyl sites for hydroxylation is 2. The lowest BCUT2D eigenvalue weighted by molar-refractivity contribution is -0.934. The van der Waals surface area contributed by atoms with Crippen LogP contribution < -0.4 is 9.13 Å². The molecule has 3 aromatic heterocycles. The zero-order valence-corrected chi connectivity index (χ0v) is 23.4. The van der Waals surface area contributed by atoms with E-state index in [9.17, 15) is 0 Å². The van der Waals surface area contributed by atoms with Crippen LogP contribution in [0.5, 0.6) is 0 Å². The van der Waals surface area contributed by atoms with Gasteiger partial charge >= 0.3 is 0 Å². The maximum Gasteiger partial charge on any atom is 0.204 e. The third-order valence-corrected chi connectivity index (χ3v) is 8.37. The van der Waals surface area contributed by atoms with Crippen molar-refractivity contribution in [2.45, 2.75) is 25.9 Å². The van der Waals surface area contributed by atoms with Crippen molar-refractivity contribution < 1.29 is 13.6 Å². The predicted octanol–water partition coefficient (Wildman–Crippen LogP) is 6.37. The van der Waals surface area contributed by atoms with Crippen molar-refractivity contribution in [2.75, 3.05) is 20.1 Å². The van der Waals surface area contributed by atoms with Crippen molar-refractivity contribution in [3.8, 4) is 0 Å². The van der Waals surface area contributed by atoms with E-state index >= 15 is 0 Å². The first-order valence-corrected chi connectivity index (χ1v) is 14.1. The van der Waals surface area contributed by atoms with Gasteiger partial charge in [0.25, 0.3) is 0 Å². The highest BCUT2D eigenvalue weighted by Crippen LogP contribution is 2.33. The van der Waals surface area contributed by atoms with Gasteiger partial charge < -0.3 is 4.48 Å². The van der Waals surface area contributed by atoms with Crippen molar-refractivity contribution in [3.05, 3.63) is 108 Å². The molecule has 0 atom stereocenters. The molecule has 0 N–H and O–H groups in total. The van der Waals surface area contributed by atoms with Gasteiger partial charge in [0.1, 0.15) is 14.1 Å². The summed E-state index contributed by atoms with van der Waals surface area (Å²) in [5.41, 5.74) is 7.47. The average Bonchev–Trinajstić information content (AvgIpc) is 3.24. The van der Waals surface area contributed by atoms with Crippen LogP contribution >= 0.6 is 0 Å². The Hall–Kier alpha value is -4.02. The van der Waals surface area contributed by atoms with Gasteiger partial charge in [-0.3, -0.25) is 4.57 Å². The van der Waals surface area contributed by atoms with Crippen LogP contribution in [0.15, 0.2) is 85.2 Å². The Labute approximate surface area is 232 Å². The van der Waals surface area contributed by atoms with Crippen LogP contribution in [0.1, 0.15) is 41.8 Å². The first-order valence-electron chi connectivity index (χ1n) is 14.1. The molecule has 0 amide bonds. The zero-order valence-electron chi connectivity index (χ0n) is 23.4. The number of nitrogens with zero attached hydrogens (tertiary/aromatic N) is 4. The molecule has 1 aliphatic heterocycles. The Morgan fingerprint density at radius 2 is 1.18 bits per heavy atom. The molecular weight excluding hydrogens is 476 g/mol.